The number of nitrogens with one attached hydrogen (secondary N) is 1. The molecule has 1 aromatic rings. The molecule has 6 heteroatoms. The van der Waals surface area contributed by atoms with Gasteiger partial charge in [-0.25, -0.2) is 4.39 Å². The van der Waals surface area contributed by atoms with Crippen molar-refractivity contribution < 1.29 is 13.5 Å². The molecule has 1 saturated heterocycles. The van der Waals surface area contributed by atoms with Crippen LogP contribution in [0.2, 0.25) is 0 Å². The number of alkyl halides is 1. The Morgan fingerprint density at radius 1 is 1.35 bits per heavy atom. The molecule has 2 rings (SSSR count). The molecule has 0 spiro atoms. The predicted molar refractivity (Wildman–Crippen MR) is 78.0 cm³/mol. The Labute approximate surface area is 124 Å². The quantitative estimate of drug-likeness (QED) is 0.905. The topological polar surface area (TPSA) is 24.5 Å². The van der Waals surface area contributed by atoms with E-state index in [2.05, 4.69) is 10.2 Å². The second-order valence-corrected chi connectivity index (χ2v) is 4.67. The number of nitrogens with zero attached hydrogens (tertiary/aromatic N) is 1. The van der Waals surface area contributed by atoms with Gasteiger partial charge in [0.1, 0.15) is 11.6 Å². The molecule has 0 aromatic heterocycles. The lowest BCUT2D eigenvalue weighted by Gasteiger charge is -2.35. The van der Waals surface area contributed by atoms with Crippen molar-refractivity contribution in [2.75, 3.05) is 40.0 Å². The minimum absolute atomic E-state index is 0. The summed E-state index contributed by atoms with van der Waals surface area (Å²) in [4.78, 5) is 2.13. The van der Waals surface area contributed by atoms with E-state index in [1.54, 1.807) is 19.2 Å². The maximum Gasteiger partial charge on any atom is 0.128 e. The smallest absolute Gasteiger partial charge is 0.128 e. The highest BCUT2D eigenvalue weighted by molar-refractivity contribution is 5.85. The number of halogens is 3. The Balaban J connectivity index is 0.00000200. The van der Waals surface area contributed by atoms with Crippen molar-refractivity contribution in [2.24, 2.45) is 0 Å². The van der Waals surface area contributed by atoms with E-state index < -0.39 is 6.67 Å². The number of piperazine rings is 1. The minimum atomic E-state index is -0.453. The largest absolute Gasteiger partial charge is 0.497 e. The first-order valence-electron chi connectivity index (χ1n) is 6.60. The Morgan fingerprint density at radius 3 is 2.65 bits per heavy atom. The van der Waals surface area contributed by atoms with Gasteiger partial charge in [-0.3, -0.25) is 9.29 Å². The molecule has 3 nitrogen and oxygen atoms in total. The van der Waals surface area contributed by atoms with Crippen LogP contribution in [-0.4, -0.2) is 44.9 Å². The van der Waals surface area contributed by atoms with E-state index >= 15 is 0 Å². The Hall–Kier alpha value is -0.910. The molecule has 0 saturated carbocycles. The summed E-state index contributed by atoms with van der Waals surface area (Å²) in [7, 11) is 1.55. The molecule has 1 atom stereocenters. The summed E-state index contributed by atoms with van der Waals surface area (Å²) in [5, 5.41) is 3.25. The highest BCUT2D eigenvalue weighted by Crippen LogP contribution is 2.30. The molecular weight excluding hydrogens is 286 g/mol. The van der Waals surface area contributed by atoms with Gasteiger partial charge in [-0.15, -0.1) is 12.4 Å². The molecule has 0 radical (unpaired) electrons. The van der Waals surface area contributed by atoms with Crippen LogP contribution in [-0.2, 0) is 0 Å². The van der Waals surface area contributed by atoms with Crippen molar-refractivity contribution >= 4 is 12.4 Å². The minimum Gasteiger partial charge on any atom is -0.497 e. The molecule has 0 amide bonds. The van der Waals surface area contributed by atoms with Gasteiger partial charge < -0.3 is 10.1 Å². The van der Waals surface area contributed by atoms with E-state index in [0.29, 0.717) is 17.7 Å². The average Bonchev–Trinajstić information content (AvgIpc) is 2.47. The summed E-state index contributed by atoms with van der Waals surface area (Å²) in [6.45, 7) is 2.87. The Kier molecular flexibility index (Phi) is 7.19. The first-order chi connectivity index (χ1) is 9.26. The first-order valence-corrected chi connectivity index (χ1v) is 6.60. The van der Waals surface area contributed by atoms with Gasteiger partial charge in [-0.1, -0.05) is 0 Å². The molecule has 1 N–H and O–H groups in total. The molecule has 20 heavy (non-hydrogen) atoms. The van der Waals surface area contributed by atoms with Gasteiger partial charge in [0.05, 0.1) is 13.8 Å². The number of ether oxygens (including phenoxy) is 1. The third kappa shape index (κ3) is 4.04. The fraction of sp³-hybridized carbons (Fsp3) is 0.571. The van der Waals surface area contributed by atoms with E-state index in [9.17, 15) is 8.78 Å². The average molecular weight is 307 g/mol. The zero-order valence-corrected chi connectivity index (χ0v) is 12.4. The third-order valence-corrected chi connectivity index (χ3v) is 3.54. The summed E-state index contributed by atoms with van der Waals surface area (Å²) < 4.78 is 32.0. The van der Waals surface area contributed by atoms with Crippen LogP contribution in [0.25, 0.3) is 0 Å². The first kappa shape index (κ1) is 17.1. The van der Waals surface area contributed by atoms with Crippen molar-refractivity contribution in [1.82, 2.24) is 10.2 Å². The molecule has 0 aliphatic carbocycles. The van der Waals surface area contributed by atoms with Crippen LogP contribution < -0.4 is 10.1 Å². The molecule has 1 aliphatic rings. The lowest BCUT2D eigenvalue weighted by atomic mass is 10.0. The molecule has 1 heterocycles. The van der Waals surface area contributed by atoms with Crippen LogP contribution in [0.5, 0.6) is 5.75 Å². The number of rotatable bonds is 5. The van der Waals surface area contributed by atoms with Crippen molar-refractivity contribution in [3.05, 3.63) is 29.6 Å². The van der Waals surface area contributed by atoms with E-state index in [0.717, 1.165) is 26.2 Å². The molecule has 1 aliphatic heterocycles. The molecular formula is C14H21ClF2N2O. The van der Waals surface area contributed by atoms with Gasteiger partial charge in [0.15, 0.2) is 0 Å². The fourth-order valence-electron chi connectivity index (χ4n) is 2.54. The van der Waals surface area contributed by atoms with Crippen LogP contribution >= 0.6 is 12.4 Å². The Morgan fingerprint density at radius 2 is 2.05 bits per heavy atom. The van der Waals surface area contributed by atoms with Crippen molar-refractivity contribution in [3.63, 3.8) is 0 Å². The zero-order chi connectivity index (χ0) is 13.7. The fourth-order valence-corrected chi connectivity index (χ4v) is 2.54. The lowest BCUT2D eigenvalue weighted by Crippen LogP contribution is -2.45. The van der Waals surface area contributed by atoms with E-state index in [1.165, 1.54) is 6.07 Å². The highest BCUT2D eigenvalue weighted by Gasteiger charge is 2.24. The van der Waals surface area contributed by atoms with E-state index in [1.807, 2.05) is 0 Å². The van der Waals surface area contributed by atoms with Crippen LogP contribution in [0.15, 0.2) is 18.2 Å². The molecule has 0 unspecified atom stereocenters. The standard InChI is InChI=1S/C14H20F2N2O.ClH/c1-19-11-2-3-13(16)12(10-11)14(4-5-15)18-8-6-17-7-9-18;/h2-3,10,14,17H,4-9H2,1H3;1H/t14-;/m1./s1. The van der Waals surface area contributed by atoms with E-state index in [4.69, 9.17) is 4.74 Å². The van der Waals surface area contributed by atoms with E-state index in [-0.39, 0.29) is 24.3 Å². The van der Waals surface area contributed by atoms with Crippen LogP contribution in [0.4, 0.5) is 8.78 Å². The maximum atomic E-state index is 14.0. The maximum absolute atomic E-state index is 14.0. The predicted octanol–water partition coefficient (Wildman–Crippen LogP) is 2.56. The van der Waals surface area contributed by atoms with Gasteiger partial charge in [-0.05, 0) is 24.6 Å². The summed E-state index contributed by atoms with van der Waals surface area (Å²) in [5.74, 6) is 0.313. The monoisotopic (exact) mass is 306 g/mol. The van der Waals surface area contributed by atoms with Gasteiger partial charge in [0.25, 0.3) is 0 Å². The number of hydrogen-bond donors (Lipinski definition) is 1. The number of methoxy groups -OCH3 is 1. The van der Waals surface area contributed by atoms with Gasteiger partial charge in [-0.2, -0.15) is 0 Å². The SMILES string of the molecule is COc1ccc(F)c([C@@H](CCF)N2CCNCC2)c1.Cl. The lowest BCUT2D eigenvalue weighted by molar-refractivity contribution is 0.154. The molecule has 1 fully saturated rings. The number of benzene rings is 1. The van der Waals surface area contributed by atoms with Gasteiger partial charge >= 0.3 is 0 Å². The van der Waals surface area contributed by atoms with Gasteiger partial charge in [0.2, 0.25) is 0 Å². The summed E-state index contributed by atoms with van der Waals surface area (Å²) in [5.41, 5.74) is 0.527. The normalized spacial score (nSPS) is 17.4. The molecule has 1 aromatic carbocycles. The second kappa shape index (κ2) is 8.39. The summed E-state index contributed by atoms with van der Waals surface area (Å²) in [6.07, 6.45) is 0.310. The van der Waals surface area contributed by atoms with Crippen molar-refractivity contribution in [3.8, 4) is 5.75 Å². The van der Waals surface area contributed by atoms with Crippen LogP contribution in [0.1, 0.15) is 18.0 Å². The Bertz CT molecular complexity index is 414. The van der Waals surface area contributed by atoms with Crippen molar-refractivity contribution in [2.45, 2.75) is 12.5 Å². The van der Waals surface area contributed by atoms with Gasteiger partial charge in [0, 0.05) is 37.8 Å². The molecule has 0 bridgehead atoms. The number of hydrogen-bond acceptors (Lipinski definition) is 3. The molecule has 114 valence electrons. The summed E-state index contributed by atoms with van der Waals surface area (Å²) >= 11 is 0. The van der Waals surface area contributed by atoms with Crippen LogP contribution in [0, 0.1) is 5.82 Å². The summed E-state index contributed by atoms with van der Waals surface area (Å²) in [6, 6.07) is 4.43. The zero-order valence-electron chi connectivity index (χ0n) is 11.6. The highest BCUT2D eigenvalue weighted by atomic mass is 35.5. The van der Waals surface area contributed by atoms with Crippen LogP contribution in [0.3, 0.4) is 0 Å². The van der Waals surface area contributed by atoms with Crippen molar-refractivity contribution in [1.29, 1.82) is 0 Å². The second-order valence-electron chi connectivity index (χ2n) is 4.67. The third-order valence-electron chi connectivity index (χ3n) is 3.54.